The van der Waals surface area contributed by atoms with E-state index in [-0.39, 0.29) is 17.5 Å². The van der Waals surface area contributed by atoms with E-state index in [1.165, 1.54) is 11.9 Å². The Morgan fingerprint density at radius 1 is 1.25 bits per heavy atom. The molecule has 1 aliphatic rings. The molecule has 0 aliphatic carbocycles. The Bertz CT molecular complexity index is 998. The molecule has 28 heavy (non-hydrogen) atoms. The standard InChI is InChI=1S/C19H23N3O5S/c1-13-18(14(2)22(20-13)15-7-5-4-6-8-15)19(24)27-11-17(23)21(3)16-9-10-28(25,26)12-16/h4-8,16H,9-12H2,1-3H3/t16-/m1/s1. The van der Waals surface area contributed by atoms with Gasteiger partial charge in [0.05, 0.1) is 28.6 Å². The molecule has 1 amide bonds. The van der Waals surface area contributed by atoms with Crippen LogP contribution in [0.4, 0.5) is 0 Å². The number of likely N-dealkylation sites (N-methyl/N-ethyl adjacent to an activating group) is 1. The average Bonchev–Trinajstić information content (AvgIpc) is 3.18. The van der Waals surface area contributed by atoms with Gasteiger partial charge in [-0.15, -0.1) is 0 Å². The Labute approximate surface area is 164 Å². The molecule has 1 aromatic carbocycles. The number of sulfone groups is 1. The van der Waals surface area contributed by atoms with Crippen LogP contribution in [0.5, 0.6) is 0 Å². The fourth-order valence-corrected chi connectivity index (χ4v) is 5.12. The molecule has 1 aliphatic heterocycles. The van der Waals surface area contributed by atoms with Crippen LogP contribution in [-0.2, 0) is 19.4 Å². The fourth-order valence-electron chi connectivity index (χ4n) is 3.34. The van der Waals surface area contributed by atoms with E-state index >= 15 is 0 Å². The summed E-state index contributed by atoms with van der Waals surface area (Å²) in [6.07, 6.45) is 0.403. The first-order chi connectivity index (χ1) is 13.2. The molecular weight excluding hydrogens is 382 g/mol. The van der Waals surface area contributed by atoms with Gasteiger partial charge in [0.15, 0.2) is 16.4 Å². The normalized spacial score (nSPS) is 18.0. The fraction of sp³-hybridized carbons (Fsp3) is 0.421. The van der Waals surface area contributed by atoms with Crippen LogP contribution in [0.25, 0.3) is 5.69 Å². The lowest BCUT2D eigenvalue weighted by molar-refractivity contribution is -0.134. The predicted octanol–water partition coefficient (Wildman–Crippen LogP) is 1.29. The van der Waals surface area contributed by atoms with Gasteiger partial charge in [-0.2, -0.15) is 5.10 Å². The number of carbonyl (C=O) groups excluding carboxylic acids is 2. The van der Waals surface area contributed by atoms with E-state index in [0.717, 1.165) is 5.69 Å². The molecule has 1 fully saturated rings. The van der Waals surface area contributed by atoms with Gasteiger partial charge in [-0.25, -0.2) is 17.9 Å². The van der Waals surface area contributed by atoms with E-state index in [1.54, 1.807) is 18.5 Å². The van der Waals surface area contributed by atoms with Crippen molar-refractivity contribution >= 4 is 21.7 Å². The summed E-state index contributed by atoms with van der Waals surface area (Å²) < 4.78 is 30.0. The number of ether oxygens (including phenoxy) is 1. The third-order valence-electron chi connectivity index (χ3n) is 4.97. The van der Waals surface area contributed by atoms with Gasteiger partial charge >= 0.3 is 5.97 Å². The van der Waals surface area contributed by atoms with Gasteiger partial charge in [0, 0.05) is 13.1 Å². The average molecular weight is 405 g/mol. The van der Waals surface area contributed by atoms with Crippen LogP contribution >= 0.6 is 0 Å². The van der Waals surface area contributed by atoms with E-state index in [4.69, 9.17) is 4.74 Å². The zero-order chi connectivity index (χ0) is 20.5. The number of rotatable bonds is 5. The zero-order valence-electron chi connectivity index (χ0n) is 16.1. The molecule has 9 heteroatoms. The Morgan fingerprint density at radius 2 is 1.93 bits per heavy atom. The number of esters is 1. The second-order valence-corrected chi connectivity index (χ2v) is 9.16. The molecule has 0 saturated carbocycles. The second kappa shape index (κ2) is 7.75. The monoisotopic (exact) mass is 405 g/mol. The molecule has 1 aromatic heterocycles. The Hall–Kier alpha value is -2.68. The molecule has 3 rings (SSSR count). The van der Waals surface area contributed by atoms with Gasteiger partial charge in [-0.3, -0.25) is 4.79 Å². The Balaban J connectivity index is 1.67. The summed E-state index contributed by atoms with van der Waals surface area (Å²) in [7, 11) is -1.56. The molecule has 1 saturated heterocycles. The van der Waals surface area contributed by atoms with Crippen molar-refractivity contribution in [2.75, 3.05) is 25.2 Å². The summed E-state index contributed by atoms with van der Waals surface area (Å²) in [6, 6.07) is 9.02. The SMILES string of the molecule is Cc1nn(-c2ccccc2)c(C)c1C(=O)OCC(=O)N(C)[C@@H]1CCS(=O)(=O)C1. The van der Waals surface area contributed by atoms with Crippen molar-refractivity contribution < 1.29 is 22.7 Å². The lowest BCUT2D eigenvalue weighted by Crippen LogP contribution is -2.40. The molecule has 0 radical (unpaired) electrons. The van der Waals surface area contributed by atoms with E-state index in [1.807, 2.05) is 30.3 Å². The number of aromatic nitrogens is 2. The molecule has 2 aromatic rings. The van der Waals surface area contributed by atoms with Crippen molar-refractivity contribution in [3.8, 4) is 5.69 Å². The summed E-state index contributed by atoms with van der Waals surface area (Å²) >= 11 is 0. The number of nitrogens with zero attached hydrogens (tertiary/aromatic N) is 3. The summed E-state index contributed by atoms with van der Waals surface area (Å²) in [5.41, 5.74) is 2.27. The van der Waals surface area contributed by atoms with Gasteiger partial charge in [0.1, 0.15) is 5.56 Å². The van der Waals surface area contributed by atoms with E-state index in [0.29, 0.717) is 23.4 Å². The highest BCUT2D eigenvalue weighted by atomic mass is 32.2. The lowest BCUT2D eigenvalue weighted by atomic mass is 10.2. The molecule has 1 atom stereocenters. The predicted molar refractivity (Wildman–Crippen MR) is 103 cm³/mol. The third-order valence-corrected chi connectivity index (χ3v) is 6.72. The molecule has 0 unspecified atom stereocenters. The summed E-state index contributed by atoms with van der Waals surface area (Å²) in [4.78, 5) is 26.2. The van der Waals surface area contributed by atoms with Crippen LogP contribution in [0.1, 0.15) is 28.2 Å². The minimum absolute atomic E-state index is 0.0503. The first-order valence-electron chi connectivity index (χ1n) is 8.94. The number of hydrogen-bond acceptors (Lipinski definition) is 6. The zero-order valence-corrected chi connectivity index (χ0v) is 16.9. The molecule has 0 spiro atoms. The second-order valence-electron chi connectivity index (χ2n) is 6.93. The molecule has 8 nitrogen and oxygen atoms in total. The van der Waals surface area contributed by atoms with Crippen molar-refractivity contribution in [3.05, 3.63) is 47.3 Å². The van der Waals surface area contributed by atoms with Gasteiger partial charge in [0.2, 0.25) is 0 Å². The smallest absolute Gasteiger partial charge is 0.342 e. The molecular formula is C19H23N3O5S. The van der Waals surface area contributed by atoms with Crippen molar-refractivity contribution in [2.45, 2.75) is 26.3 Å². The molecule has 0 bridgehead atoms. The lowest BCUT2D eigenvalue weighted by Gasteiger charge is -2.23. The summed E-state index contributed by atoms with van der Waals surface area (Å²) in [6.45, 7) is 3.03. The van der Waals surface area contributed by atoms with Crippen LogP contribution in [-0.4, -0.2) is 66.2 Å². The first kappa shape index (κ1) is 20.1. The summed E-state index contributed by atoms with van der Waals surface area (Å²) in [5, 5.41) is 4.40. The van der Waals surface area contributed by atoms with Gasteiger partial charge in [-0.05, 0) is 32.4 Å². The highest BCUT2D eigenvalue weighted by Gasteiger charge is 2.33. The number of benzene rings is 1. The number of hydrogen-bond donors (Lipinski definition) is 0. The first-order valence-corrected chi connectivity index (χ1v) is 10.8. The quantitative estimate of drug-likeness (QED) is 0.695. The maximum atomic E-state index is 12.5. The Morgan fingerprint density at radius 3 is 2.54 bits per heavy atom. The van der Waals surface area contributed by atoms with Crippen LogP contribution in [0.15, 0.2) is 30.3 Å². The van der Waals surface area contributed by atoms with Crippen molar-refractivity contribution in [3.63, 3.8) is 0 Å². The molecule has 2 heterocycles. The van der Waals surface area contributed by atoms with Crippen LogP contribution in [0, 0.1) is 13.8 Å². The third kappa shape index (κ3) is 4.09. The van der Waals surface area contributed by atoms with E-state index in [9.17, 15) is 18.0 Å². The van der Waals surface area contributed by atoms with Crippen LogP contribution in [0.3, 0.4) is 0 Å². The van der Waals surface area contributed by atoms with Gasteiger partial charge in [0.25, 0.3) is 5.91 Å². The number of carbonyl (C=O) groups is 2. The summed E-state index contributed by atoms with van der Waals surface area (Å²) in [5.74, 6) is -1.03. The number of amides is 1. The van der Waals surface area contributed by atoms with Gasteiger partial charge in [-0.1, -0.05) is 18.2 Å². The van der Waals surface area contributed by atoms with E-state index < -0.39 is 28.3 Å². The molecule has 150 valence electrons. The van der Waals surface area contributed by atoms with Crippen LogP contribution < -0.4 is 0 Å². The number of aryl methyl sites for hydroxylation is 1. The highest BCUT2D eigenvalue weighted by molar-refractivity contribution is 7.91. The maximum Gasteiger partial charge on any atom is 0.342 e. The number of para-hydroxylation sites is 1. The van der Waals surface area contributed by atoms with Gasteiger partial charge < -0.3 is 9.64 Å². The Kier molecular flexibility index (Phi) is 5.55. The largest absolute Gasteiger partial charge is 0.452 e. The van der Waals surface area contributed by atoms with Crippen molar-refractivity contribution in [2.24, 2.45) is 0 Å². The highest BCUT2D eigenvalue weighted by Crippen LogP contribution is 2.19. The topological polar surface area (TPSA) is 98.6 Å². The maximum absolute atomic E-state index is 12.5. The van der Waals surface area contributed by atoms with E-state index in [2.05, 4.69) is 5.10 Å². The minimum atomic E-state index is -3.10. The molecule has 0 N–H and O–H groups in total. The minimum Gasteiger partial charge on any atom is -0.452 e. The van der Waals surface area contributed by atoms with Crippen molar-refractivity contribution in [1.29, 1.82) is 0 Å². The van der Waals surface area contributed by atoms with Crippen molar-refractivity contribution in [1.82, 2.24) is 14.7 Å². The van der Waals surface area contributed by atoms with Crippen LogP contribution in [0.2, 0.25) is 0 Å².